The molecule has 0 amide bonds. The summed E-state index contributed by atoms with van der Waals surface area (Å²) in [5.74, 6) is -0.222. The Morgan fingerprint density at radius 2 is 2.22 bits per heavy atom. The molecule has 0 saturated heterocycles. The van der Waals surface area contributed by atoms with Crippen LogP contribution in [0.1, 0.15) is 35.8 Å². The maximum atomic E-state index is 12.8. The van der Waals surface area contributed by atoms with Gasteiger partial charge in [-0.2, -0.15) is 5.10 Å². The van der Waals surface area contributed by atoms with Crippen molar-refractivity contribution in [3.63, 3.8) is 0 Å². The van der Waals surface area contributed by atoms with Crippen molar-refractivity contribution in [2.75, 3.05) is 13.7 Å². The van der Waals surface area contributed by atoms with Gasteiger partial charge >= 0.3 is 0 Å². The molecule has 1 aliphatic carbocycles. The molecule has 0 aliphatic heterocycles. The van der Waals surface area contributed by atoms with Crippen LogP contribution in [0.4, 0.5) is 0 Å². The summed E-state index contributed by atoms with van der Waals surface area (Å²) in [4.78, 5) is 0. The first kappa shape index (κ1) is 18.1. The number of ether oxygens (including phenoxy) is 1. The third-order valence-corrected chi connectivity index (χ3v) is 6.06. The maximum Gasteiger partial charge on any atom is 0.218 e. The van der Waals surface area contributed by atoms with E-state index in [-0.39, 0.29) is 11.8 Å². The molecule has 0 spiro atoms. The Morgan fingerprint density at radius 1 is 1.37 bits per heavy atom. The van der Waals surface area contributed by atoms with Crippen molar-refractivity contribution >= 4 is 21.0 Å². The first-order valence-electron chi connectivity index (χ1n) is 8.94. The summed E-state index contributed by atoms with van der Waals surface area (Å²) in [6.07, 6.45) is 4.55. The number of sulfonamides is 1. The molecule has 8 nitrogen and oxygen atoms in total. The number of hydrogen-bond donors (Lipinski definition) is 1. The van der Waals surface area contributed by atoms with Crippen molar-refractivity contribution in [2.45, 2.75) is 37.6 Å². The van der Waals surface area contributed by atoms with E-state index in [9.17, 15) is 8.42 Å². The van der Waals surface area contributed by atoms with Gasteiger partial charge in [-0.1, -0.05) is 17.3 Å². The van der Waals surface area contributed by atoms with Gasteiger partial charge in [-0.05, 0) is 37.0 Å². The zero-order valence-corrected chi connectivity index (χ0v) is 15.9. The molecule has 1 aromatic carbocycles. The van der Waals surface area contributed by atoms with Crippen LogP contribution in [0, 0.1) is 0 Å². The van der Waals surface area contributed by atoms with Crippen LogP contribution in [0.15, 0.2) is 35.0 Å². The normalized spacial score (nSPS) is 17.3. The Balaban J connectivity index is 1.52. The summed E-state index contributed by atoms with van der Waals surface area (Å²) >= 11 is 0. The van der Waals surface area contributed by atoms with Crippen LogP contribution >= 0.6 is 0 Å². The number of fused-ring (bicyclic) bond motifs is 2. The van der Waals surface area contributed by atoms with E-state index in [0.29, 0.717) is 24.4 Å². The molecule has 144 valence electrons. The van der Waals surface area contributed by atoms with E-state index in [2.05, 4.69) is 15.0 Å². The Labute approximate surface area is 157 Å². The van der Waals surface area contributed by atoms with Gasteiger partial charge < -0.3 is 9.26 Å². The summed E-state index contributed by atoms with van der Waals surface area (Å²) in [5, 5.41) is 9.22. The summed E-state index contributed by atoms with van der Waals surface area (Å²) in [5.41, 5.74) is 2.90. The number of para-hydroxylation sites is 1. The molecular weight excluding hydrogens is 368 g/mol. The zero-order chi connectivity index (χ0) is 18.9. The molecule has 1 aliphatic rings. The lowest BCUT2D eigenvalue weighted by Gasteiger charge is -2.21. The van der Waals surface area contributed by atoms with Gasteiger partial charge in [-0.25, -0.2) is 13.1 Å². The lowest BCUT2D eigenvalue weighted by atomic mass is 9.94. The number of aryl methyl sites for hydroxylation is 1. The number of rotatable bonds is 7. The average Bonchev–Trinajstić information content (AvgIpc) is 3.24. The molecule has 3 aromatic rings. The van der Waals surface area contributed by atoms with Crippen molar-refractivity contribution in [2.24, 2.45) is 0 Å². The van der Waals surface area contributed by atoms with E-state index < -0.39 is 10.0 Å². The molecule has 0 radical (unpaired) electrons. The highest BCUT2D eigenvalue weighted by Gasteiger charge is 2.28. The lowest BCUT2D eigenvalue weighted by molar-refractivity contribution is 0.183. The third kappa shape index (κ3) is 3.90. The monoisotopic (exact) mass is 390 g/mol. The molecule has 0 saturated carbocycles. The van der Waals surface area contributed by atoms with Crippen LogP contribution in [0.3, 0.4) is 0 Å². The van der Waals surface area contributed by atoms with Crippen LogP contribution < -0.4 is 4.72 Å². The van der Waals surface area contributed by atoms with Crippen LogP contribution in [0.2, 0.25) is 0 Å². The Kier molecular flexibility index (Phi) is 4.98. The molecule has 0 bridgehead atoms. The molecule has 1 unspecified atom stereocenters. The first-order valence-corrected chi connectivity index (χ1v) is 10.6. The van der Waals surface area contributed by atoms with Gasteiger partial charge in [-0.15, -0.1) is 0 Å². The molecule has 4 rings (SSSR count). The second-order valence-electron chi connectivity index (χ2n) is 6.74. The average molecular weight is 390 g/mol. The molecular formula is C18H22N4O4S. The third-order valence-electron chi connectivity index (χ3n) is 4.76. The predicted molar refractivity (Wildman–Crippen MR) is 99.6 cm³/mol. The van der Waals surface area contributed by atoms with Crippen LogP contribution in [0.5, 0.6) is 0 Å². The quantitative estimate of drug-likeness (QED) is 0.664. The van der Waals surface area contributed by atoms with Gasteiger partial charge in [0.1, 0.15) is 11.4 Å². The molecule has 2 aromatic heterocycles. The fourth-order valence-electron chi connectivity index (χ4n) is 3.49. The Morgan fingerprint density at radius 3 is 3.07 bits per heavy atom. The van der Waals surface area contributed by atoms with Crippen molar-refractivity contribution in [1.82, 2.24) is 19.7 Å². The van der Waals surface area contributed by atoms with Crippen LogP contribution in [-0.4, -0.2) is 37.1 Å². The van der Waals surface area contributed by atoms with Gasteiger partial charge in [0, 0.05) is 18.7 Å². The van der Waals surface area contributed by atoms with Gasteiger partial charge in [0.2, 0.25) is 10.0 Å². The number of nitrogens with zero attached hydrogens (tertiary/aromatic N) is 3. The van der Waals surface area contributed by atoms with E-state index in [4.69, 9.17) is 9.26 Å². The smallest absolute Gasteiger partial charge is 0.218 e. The molecule has 1 atom stereocenters. The molecule has 27 heavy (non-hydrogen) atoms. The lowest BCUT2D eigenvalue weighted by Crippen LogP contribution is -2.32. The Hall–Kier alpha value is -2.23. The highest BCUT2D eigenvalue weighted by molar-refractivity contribution is 7.88. The van der Waals surface area contributed by atoms with Crippen LogP contribution in [0.25, 0.3) is 11.0 Å². The summed E-state index contributed by atoms with van der Waals surface area (Å²) < 4.78 is 40.4. The van der Waals surface area contributed by atoms with E-state index in [0.717, 1.165) is 35.9 Å². The number of nitrogens with one attached hydrogen (secondary N) is 1. The van der Waals surface area contributed by atoms with E-state index in [1.54, 1.807) is 13.2 Å². The highest BCUT2D eigenvalue weighted by Crippen LogP contribution is 2.30. The summed E-state index contributed by atoms with van der Waals surface area (Å²) in [7, 11) is -1.95. The fourth-order valence-corrected chi connectivity index (χ4v) is 4.81. The molecule has 1 N–H and O–H groups in total. The van der Waals surface area contributed by atoms with Crippen molar-refractivity contribution in [3.05, 3.63) is 47.4 Å². The second kappa shape index (κ2) is 7.41. The van der Waals surface area contributed by atoms with Crippen molar-refractivity contribution in [1.29, 1.82) is 0 Å². The van der Waals surface area contributed by atoms with E-state index >= 15 is 0 Å². The zero-order valence-electron chi connectivity index (χ0n) is 15.1. The fraction of sp³-hybridized carbons (Fsp3) is 0.444. The molecule has 2 heterocycles. The SMILES string of the molecule is COCCn1cc2c(n1)C(NS(=O)(=O)Cc1noc3ccccc13)CCC2. The summed E-state index contributed by atoms with van der Waals surface area (Å²) in [6.45, 7) is 1.21. The standard InChI is InChI=1S/C18H22N4O4S/c1-25-10-9-22-11-13-5-4-7-15(18(13)19-22)21-27(23,24)12-16-14-6-2-3-8-17(14)26-20-16/h2-3,6,8,11,15,21H,4-5,7,9-10,12H2,1H3. The number of aromatic nitrogens is 3. The van der Waals surface area contributed by atoms with E-state index in [1.165, 1.54) is 0 Å². The van der Waals surface area contributed by atoms with Crippen molar-refractivity contribution in [3.8, 4) is 0 Å². The predicted octanol–water partition coefficient (Wildman–Crippen LogP) is 2.17. The topological polar surface area (TPSA) is 99.2 Å². The van der Waals surface area contributed by atoms with Gasteiger partial charge in [-0.3, -0.25) is 4.68 Å². The Bertz CT molecular complexity index is 1040. The minimum atomic E-state index is -3.59. The minimum Gasteiger partial charge on any atom is -0.383 e. The maximum absolute atomic E-state index is 12.8. The number of hydrogen-bond acceptors (Lipinski definition) is 6. The van der Waals surface area contributed by atoms with Gasteiger partial charge in [0.15, 0.2) is 5.58 Å². The molecule has 0 fully saturated rings. The van der Waals surface area contributed by atoms with Gasteiger partial charge in [0.25, 0.3) is 0 Å². The largest absolute Gasteiger partial charge is 0.383 e. The first-order chi connectivity index (χ1) is 13.1. The second-order valence-corrected chi connectivity index (χ2v) is 8.50. The summed E-state index contributed by atoms with van der Waals surface area (Å²) in [6, 6.07) is 6.93. The number of methoxy groups -OCH3 is 1. The minimum absolute atomic E-state index is 0.222. The van der Waals surface area contributed by atoms with Gasteiger partial charge in [0.05, 0.1) is 24.9 Å². The van der Waals surface area contributed by atoms with Crippen molar-refractivity contribution < 1.29 is 17.7 Å². The van der Waals surface area contributed by atoms with E-state index in [1.807, 2.05) is 29.1 Å². The molecule has 9 heteroatoms. The highest BCUT2D eigenvalue weighted by atomic mass is 32.2. The number of benzene rings is 1. The van der Waals surface area contributed by atoms with Crippen LogP contribution in [-0.2, 0) is 33.5 Å².